The third kappa shape index (κ3) is 2.61. The smallest absolute Gasteiger partial charge is 0.0406 e. The molecular weight excluding hydrogens is 266 g/mol. The molecule has 1 aliphatic carbocycles. The van der Waals surface area contributed by atoms with Gasteiger partial charge in [0.25, 0.3) is 0 Å². The largest absolute Gasteiger partial charge is 0.310 e. The van der Waals surface area contributed by atoms with Crippen molar-refractivity contribution in [3.63, 3.8) is 0 Å². The topological polar surface area (TPSA) is 12.0 Å². The average Bonchev–Trinajstić information content (AvgIpc) is 2.89. The van der Waals surface area contributed by atoms with E-state index < -0.39 is 0 Å². The minimum atomic E-state index is 0.525. The van der Waals surface area contributed by atoms with Crippen LogP contribution in [-0.4, -0.2) is 6.54 Å². The fourth-order valence-corrected chi connectivity index (χ4v) is 3.21. The van der Waals surface area contributed by atoms with Gasteiger partial charge in [-0.15, -0.1) is 0 Å². The molecule has 1 unspecified atom stereocenters. The Hall–Kier alpha value is -1.31. The molecule has 0 spiro atoms. The van der Waals surface area contributed by atoms with Gasteiger partial charge in [-0.05, 0) is 60.2 Å². The van der Waals surface area contributed by atoms with Gasteiger partial charge in [-0.2, -0.15) is 0 Å². The van der Waals surface area contributed by atoms with Gasteiger partial charge in [0.2, 0.25) is 0 Å². The van der Waals surface area contributed by atoms with Gasteiger partial charge in [0.05, 0.1) is 0 Å². The Morgan fingerprint density at radius 1 is 1.15 bits per heavy atom. The van der Waals surface area contributed by atoms with Crippen LogP contribution in [0.5, 0.6) is 0 Å². The van der Waals surface area contributed by atoms with Crippen LogP contribution in [0, 0.1) is 0 Å². The predicted molar refractivity (Wildman–Crippen MR) is 86.2 cm³/mol. The van der Waals surface area contributed by atoms with Crippen LogP contribution in [0.1, 0.15) is 36.9 Å². The molecule has 104 valence electrons. The molecule has 1 aliphatic rings. The molecule has 1 nitrogen and oxygen atoms in total. The zero-order valence-corrected chi connectivity index (χ0v) is 12.6. The normalized spacial score (nSPS) is 17.2. The quantitative estimate of drug-likeness (QED) is 0.834. The lowest BCUT2D eigenvalue weighted by Gasteiger charge is -2.14. The predicted octanol–water partition coefficient (Wildman–Crippen LogP) is 4.99. The maximum atomic E-state index is 5.99. The molecule has 1 atom stereocenters. The Bertz CT molecular complexity index is 589. The summed E-state index contributed by atoms with van der Waals surface area (Å²) < 4.78 is 0. The van der Waals surface area contributed by atoms with Gasteiger partial charge >= 0.3 is 0 Å². The van der Waals surface area contributed by atoms with Gasteiger partial charge in [0.15, 0.2) is 0 Å². The second-order valence-corrected chi connectivity index (χ2v) is 5.86. The van der Waals surface area contributed by atoms with Crippen LogP contribution >= 0.6 is 11.6 Å². The van der Waals surface area contributed by atoms with Crippen LogP contribution < -0.4 is 5.32 Å². The van der Waals surface area contributed by atoms with Crippen LogP contribution in [0.15, 0.2) is 42.5 Å². The van der Waals surface area contributed by atoms with Crippen LogP contribution in [0.3, 0.4) is 0 Å². The number of rotatable bonds is 4. The third-order valence-electron chi connectivity index (χ3n) is 4.07. The second kappa shape index (κ2) is 5.99. The van der Waals surface area contributed by atoms with Crippen LogP contribution in [-0.2, 0) is 6.42 Å². The molecule has 3 rings (SSSR count). The minimum absolute atomic E-state index is 0.525. The number of nitrogens with one attached hydrogen (secondary N) is 1. The fraction of sp³-hybridized carbons (Fsp3) is 0.333. The van der Waals surface area contributed by atoms with Crippen molar-refractivity contribution < 1.29 is 0 Å². The highest BCUT2D eigenvalue weighted by Crippen LogP contribution is 2.37. The fourth-order valence-electron chi connectivity index (χ4n) is 3.08. The number of benzene rings is 2. The summed E-state index contributed by atoms with van der Waals surface area (Å²) in [6.07, 6.45) is 3.55. The first kappa shape index (κ1) is 13.7. The van der Waals surface area contributed by atoms with Crippen molar-refractivity contribution in [2.75, 3.05) is 6.54 Å². The van der Waals surface area contributed by atoms with Gasteiger partial charge in [0, 0.05) is 11.1 Å². The monoisotopic (exact) mass is 285 g/mol. The van der Waals surface area contributed by atoms with E-state index in [0.29, 0.717) is 6.04 Å². The van der Waals surface area contributed by atoms with Crippen LogP contribution in [0.2, 0.25) is 5.02 Å². The summed E-state index contributed by atoms with van der Waals surface area (Å²) in [5.74, 6) is 0. The third-order valence-corrected chi connectivity index (χ3v) is 4.32. The van der Waals surface area contributed by atoms with Crippen molar-refractivity contribution in [2.45, 2.75) is 32.2 Å². The molecule has 20 heavy (non-hydrogen) atoms. The van der Waals surface area contributed by atoms with E-state index in [4.69, 9.17) is 11.6 Å². The van der Waals surface area contributed by atoms with E-state index in [1.54, 1.807) is 0 Å². The molecule has 0 heterocycles. The molecule has 0 radical (unpaired) electrons. The van der Waals surface area contributed by atoms with E-state index in [1.807, 2.05) is 12.1 Å². The molecule has 1 N–H and O–H groups in total. The van der Waals surface area contributed by atoms with Gasteiger partial charge in [-0.1, -0.05) is 48.9 Å². The molecule has 2 aromatic rings. The molecule has 0 fully saturated rings. The average molecular weight is 286 g/mol. The highest BCUT2D eigenvalue weighted by Gasteiger charge is 2.24. The first-order valence-corrected chi connectivity index (χ1v) is 7.78. The maximum Gasteiger partial charge on any atom is 0.0406 e. The Morgan fingerprint density at radius 2 is 1.95 bits per heavy atom. The Labute approximate surface area is 126 Å². The van der Waals surface area contributed by atoms with Crippen LogP contribution in [0.25, 0.3) is 11.1 Å². The van der Waals surface area contributed by atoms with Crippen molar-refractivity contribution in [2.24, 2.45) is 0 Å². The van der Waals surface area contributed by atoms with Crippen molar-refractivity contribution in [1.82, 2.24) is 5.32 Å². The number of hydrogen-bond acceptors (Lipinski definition) is 1. The summed E-state index contributed by atoms with van der Waals surface area (Å²) in [6, 6.07) is 15.4. The number of fused-ring (bicyclic) bond motifs is 1. The van der Waals surface area contributed by atoms with E-state index in [9.17, 15) is 0 Å². The highest BCUT2D eigenvalue weighted by atomic mass is 35.5. The molecule has 0 saturated heterocycles. The van der Waals surface area contributed by atoms with Gasteiger partial charge in [0.1, 0.15) is 0 Å². The molecular formula is C18H20ClN. The summed E-state index contributed by atoms with van der Waals surface area (Å²) in [5, 5.41) is 4.45. The van der Waals surface area contributed by atoms with E-state index in [-0.39, 0.29) is 0 Å². The molecule has 0 aliphatic heterocycles. The highest BCUT2D eigenvalue weighted by molar-refractivity contribution is 6.30. The maximum absolute atomic E-state index is 5.99. The Morgan fingerprint density at radius 3 is 2.70 bits per heavy atom. The van der Waals surface area contributed by atoms with E-state index in [0.717, 1.165) is 18.0 Å². The Kier molecular flexibility index (Phi) is 4.09. The zero-order chi connectivity index (χ0) is 13.9. The van der Waals surface area contributed by atoms with Crippen molar-refractivity contribution >= 4 is 11.6 Å². The first-order valence-electron chi connectivity index (χ1n) is 7.40. The molecule has 0 aromatic heterocycles. The zero-order valence-electron chi connectivity index (χ0n) is 11.8. The molecule has 2 heteroatoms. The lowest BCUT2D eigenvalue weighted by molar-refractivity contribution is 0.529. The number of hydrogen-bond donors (Lipinski definition) is 1. The molecule has 0 amide bonds. The standard InChI is InChI=1S/C18H20ClN/c1-2-12-20-18-11-10-16-15(4-3-5-17(16)18)13-6-8-14(19)9-7-13/h3-9,18,20H,2,10-12H2,1H3. The summed E-state index contributed by atoms with van der Waals surface area (Å²) in [6.45, 7) is 3.31. The number of halogens is 1. The van der Waals surface area contributed by atoms with E-state index in [2.05, 4.69) is 42.6 Å². The van der Waals surface area contributed by atoms with Crippen molar-refractivity contribution in [3.05, 3.63) is 58.6 Å². The minimum Gasteiger partial charge on any atom is -0.310 e. The summed E-state index contributed by atoms with van der Waals surface area (Å²) >= 11 is 5.99. The summed E-state index contributed by atoms with van der Waals surface area (Å²) in [5.41, 5.74) is 5.61. The summed E-state index contributed by atoms with van der Waals surface area (Å²) in [7, 11) is 0. The van der Waals surface area contributed by atoms with E-state index >= 15 is 0 Å². The Balaban J connectivity index is 1.95. The SMILES string of the molecule is CCCNC1CCc2c(-c3ccc(Cl)cc3)cccc21. The van der Waals surface area contributed by atoms with Crippen LogP contribution in [0.4, 0.5) is 0 Å². The van der Waals surface area contributed by atoms with Gasteiger partial charge < -0.3 is 5.32 Å². The first-order chi connectivity index (χ1) is 9.79. The van der Waals surface area contributed by atoms with Crippen molar-refractivity contribution in [3.8, 4) is 11.1 Å². The van der Waals surface area contributed by atoms with Crippen molar-refractivity contribution in [1.29, 1.82) is 0 Å². The molecule has 0 saturated carbocycles. The summed E-state index contributed by atoms with van der Waals surface area (Å²) in [4.78, 5) is 0. The lowest BCUT2D eigenvalue weighted by Crippen LogP contribution is -2.19. The van der Waals surface area contributed by atoms with E-state index in [1.165, 1.54) is 35.1 Å². The van der Waals surface area contributed by atoms with Gasteiger partial charge in [-0.3, -0.25) is 0 Å². The lowest BCUT2D eigenvalue weighted by atomic mass is 9.96. The second-order valence-electron chi connectivity index (χ2n) is 5.43. The molecule has 0 bridgehead atoms. The van der Waals surface area contributed by atoms with Gasteiger partial charge in [-0.25, -0.2) is 0 Å². The molecule has 2 aromatic carbocycles.